The van der Waals surface area contributed by atoms with Crippen LogP contribution in [0.25, 0.3) is 6.08 Å². The molecule has 1 N–H and O–H groups in total. The number of halogens is 2. The summed E-state index contributed by atoms with van der Waals surface area (Å²) in [4.78, 5) is 39.0. The molecule has 2 heterocycles. The lowest BCUT2D eigenvalue weighted by molar-refractivity contribution is -0.123. The van der Waals surface area contributed by atoms with Crippen LogP contribution in [-0.2, 0) is 16.1 Å². The van der Waals surface area contributed by atoms with Crippen LogP contribution in [0.15, 0.2) is 65.6 Å². The summed E-state index contributed by atoms with van der Waals surface area (Å²) in [6.45, 7) is -0.0640. The summed E-state index contributed by atoms with van der Waals surface area (Å²) in [6, 6.07) is 16.8. The minimum Gasteiger partial charge on any atom is -0.484 e. The minimum atomic E-state index is -0.414. The summed E-state index contributed by atoms with van der Waals surface area (Å²) in [6.07, 6.45) is 1.63. The zero-order valence-corrected chi connectivity index (χ0v) is 21.4. The maximum Gasteiger partial charge on any atom is 0.293 e. The quantitative estimate of drug-likeness (QED) is 0.358. The van der Waals surface area contributed by atoms with Crippen molar-refractivity contribution in [2.24, 2.45) is 0 Å². The molecule has 11 heteroatoms. The normalized spacial score (nSPS) is 15.4. The first-order valence-corrected chi connectivity index (χ1v) is 12.5. The van der Waals surface area contributed by atoms with Crippen LogP contribution in [0.1, 0.15) is 11.1 Å². The van der Waals surface area contributed by atoms with Gasteiger partial charge in [0.05, 0.1) is 11.4 Å². The van der Waals surface area contributed by atoms with Gasteiger partial charge in [-0.2, -0.15) is 0 Å². The molecule has 3 aromatic carbocycles. The summed E-state index contributed by atoms with van der Waals surface area (Å²) in [7, 11) is 0. The molecule has 0 spiro atoms. The van der Waals surface area contributed by atoms with Crippen molar-refractivity contribution in [3.8, 4) is 17.2 Å². The highest BCUT2D eigenvalue weighted by Gasteiger charge is 2.35. The number of fused-ring (bicyclic) bond motifs is 1. The van der Waals surface area contributed by atoms with Gasteiger partial charge in [0.25, 0.3) is 17.1 Å². The second-order valence-corrected chi connectivity index (χ2v) is 9.81. The first-order chi connectivity index (χ1) is 17.9. The van der Waals surface area contributed by atoms with E-state index in [1.807, 2.05) is 0 Å². The van der Waals surface area contributed by atoms with E-state index in [9.17, 15) is 14.4 Å². The third-order valence-corrected chi connectivity index (χ3v) is 6.93. The van der Waals surface area contributed by atoms with Gasteiger partial charge in [0, 0.05) is 21.8 Å². The van der Waals surface area contributed by atoms with Crippen LogP contribution in [0.3, 0.4) is 0 Å². The SMILES string of the molecule is O=C(COc1ccc(/C=C2\SC(=O)N(Cc3cc4c(cc3Cl)OCO4)C2=O)cc1)Nc1ccc(Cl)cc1. The van der Waals surface area contributed by atoms with E-state index < -0.39 is 11.1 Å². The van der Waals surface area contributed by atoms with Gasteiger partial charge in [-0.25, -0.2) is 0 Å². The van der Waals surface area contributed by atoms with Crippen molar-refractivity contribution < 1.29 is 28.6 Å². The molecule has 188 valence electrons. The summed E-state index contributed by atoms with van der Waals surface area (Å²) < 4.78 is 16.2. The second-order valence-electron chi connectivity index (χ2n) is 7.98. The topological polar surface area (TPSA) is 94.2 Å². The highest BCUT2D eigenvalue weighted by atomic mass is 35.5. The molecule has 3 aromatic rings. The highest BCUT2D eigenvalue weighted by molar-refractivity contribution is 8.18. The molecule has 0 atom stereocenters. The molecule has 0 aromatic heterocycles. The zero-order valence-electron chi connectivity index (χ0n) is 19.0. The van der Waals surface area contributed by atoms with E-state index in [1.54, 1.807) is 66.7 Å². The number of anilines is 1. The van der Waals surface area contributed by atoms with E-state index in [1.165, 1.54) is 0 Å². The first kappa shape index (κ1) is 25.0. The Kier molecular flexibility index (Phi) is 7.27. The van der Waals surface area contributed by atoms with Gasteiger partial charge in [0.1, 0.15) is 5.75 Å². The fraction of sp³-hybridized carbons (Fsp3) is 0.115. The number of imide groups is 1. The molecule has 3 amide bonds. The second kappa shape index (κ2) is 10.8. The molecule has 2 aliphatic heterocycles. The van der Waals surface area contributed by atoms with E-state index >= 15 is 0 Å². The maximum absolute atomic E-state index is 12.9. The molecule has 0 radical (unpaired) electrons. The zero-order chi connectivity index (χ0) is 25.9. The van der Waals surface area contributed by atoms with Gasteiger partial charge in [-0.05, 0) is 71.4 Å². The van der Waals surface area contributed by atoms with Gasteiger partial charge < -0.3 is 19.5 Å². The number of hydrogen-bond acceptors (Lipinski definition) is 7. The fourth-order valence-electron chi connectivity index (χ4n) is 3.58. The number of nitrogens with zero attached hydrogens (tertiary/aromatic N) is 1. The number of rotatable bonds is 7. The van der Waals surface area contributed by atoms with Crippen LogP contribution in [0, 0.1) is 0 Å². The molecule has 1 fully saturated rings. The van der Waals surface area contributed by atoms with Crippen molar-refractivity contribution in [3.63, 3.8) is 0 Å². The molecule has 2 aliphatic rings. The first-order valence-electron chi connectivity index (χ1n) is 11.0. The molecule has 0 aliphatic carbocycles. The number of amides is 3. The van der Waals surface area contributed by atoms with Gasteiger partial charge >= 0.3 is 0 Å². The molecule has 8 nitrogen and oxygen atoms in total. The number of benzene rings is 3. The molecule has 1 saturated heterocycles. The Balaban J connectivity index is 1.19. The van der Waals surface area contributed by atoms with Crippen LogP contribution < -0.4 is 19.5 Å². The Morgan fingerprint density at radius 3 is 2.46 bits per heavy atom. The lowest BCUT2D eigenvalue weighted by Crippen LogP contribution is -2.27. The number of carbonyl (C=O) groups is 3. The Labute approximate surface area is 226 Å². The lowest BCUT2D eigenvalue weighted by atomic mass is 10.1. The summed E-state index contributed by atoms with van der Waals surface area (Å²) >= 11 is 13.0. The Morgan fingerprint density at radius 2 is 1.73 bits per heavy atom. The van der Waals surface area contributed by atoms with Crippen molar-refractivity contribution in [1.29, 1.82) is 0 Å². The third-order valence-electron chi connectivity index (χ3n) is 5.42. The Morgan fingerprint density at radius 1 is 1.03 bits per heavy atom. The maximum atomic E-state index is 12.9. The van der Waals surface area contributed by atoms with Crippen molar-refractivity contribution >= 4 is 63.8 Å². The molecule has 0 saturated carbocycles. The van der Waals surface area contributed by atoms with E-state index in [-0.39, 0.29) is 30.8 Å². The summed E-state index contributed by atoms with van der Waals surface area (Å²) in [5, 5.41) is 3.28. The molecular formula is C26H18Cl2N2O6S. The smallest absolute Gasteiger partial charge is 0.293 e. The van der Waals surface area contributed by atoms with Crippen molar-refractivity contribution in [1.82, 2.24) is 4.90 Å². The van der Waals surface area contributed by atoms with Gasteiger partial charge in [-0.1, -0.05) is 35.3 Å². The third kappa shape index (κ3) is 5.85. The molecule has 5 rings (SSSR count). The Hall–Kier alpha value is -3.66. The fourth-order valence-corrected chi connectivity index (χ4v) is 4.76. The number of ether oxygens (including phenoxy) is 3. The van der Waals surface area contributed by atoms with E-state index in [0.717, 1.165) is 16.7 Å². The van der Waals surface area contributed by atoms with Crippen molar-refractivity contribution in [2.45, 2.75) is 6.54 Å². The van der Waals surface area contributed by atoms with Crippen LogP contribution in [0.2, 0.25) is 10.0 Å². The predicted molar refractivity (Wildman–Crippen MR) is 141 cm³/mol. The molecule has 37 heavy (non-hydrogen) atoms. The number of nitrogens with one attached hydrogen (secondary N) is 1. The van der Waals surface area contributed by atoms with E-state index in [2.05, 4.69) is 5.32 Å². The van der Waals surface area contributed by atoms with Crippen molar-refractivity contribution in [2.75, 3.05) is 18.7 Å². The van der Waals surface area contributed by atoms with Gasteiger partial charge in [0.2, 0.25) is 6.79 Å². The summed E-state index contributed by atoms with van der Waals surface area (Å²) in [5.74, 6) is 0.795. The highest BCUT2D eigenvalue weighted by Crippen LogP contribution is 2.39. The van der Waals surface area contributed by atoms with E-state index in [0.29, 0.717) is 44.1 Å². The van der Waals surface area contributed by atoms with E-state index in [4.69, 9.17) is 37.4 Å². The number of hydrogen-bond donors (Lipinski definition) is 1. The Bertz CT molecular complexity index is 1410. The minimum absolute atomic E-state index is 0.0162. The molecular weight excluding hydrogens is 539 g/mol. The van der Waals surface area contributed by atoms with Gasteiger partial charge in [-0.15, -0.1) is 0 Å². The average molecular weight is 557 g/mol. The standard InChI is InChI=1S/C26H18Cl2N2O6S/c27-17-3-5-18(6-4-17)29-24(31)13-34-19-7-1-15(2-8-19)9-23-25(32)30(26(33)37-23)12-16-10-21-22(11-20(16)28)36-14-35-21/h1-11H,12-14H2,(H,29,31)/b23-9-. The van der Waals surface area contributed by atoms with Crippen LogP contribution in [0.4, 0.5) is 10.5 Å². The monoisotopic (exact) mass is 556 g/mol. The predicted octanol–water partition coefficient (Wildman–Crippen LogP) is 5.98. The lowest BCUT2D eigenvalue weighted by Gasteiger charge is -2.14. The van der Waals surface area contributed by atoms with Crippen LogP contribution in [-0.4, -0.2) is 35.4 Å². The largest absolute Gasteiger partial charge is 0.484 e. The molecule has 0 bridgehead atoms. The van der Waals surface area contributed by atoms with Crippen LogP contribution >= 0.6 is 35.0 Å². The number of thioether (sulfide) groups is 1. The average Bonchev–Trinajstić information content (AvgIpc) is 3.44. The number of carbonyl (C=O) groups excluding carboxylic acids is 3. The van der Waals surface area contributed by atoms with Gasteiger partial charge in [0.15, 0.2) is 18.1 Å². The molecule has 0 unspecified atom stereocenters. The van der Waals surface area contributed by atoms with Crippen molar-refractivity contribution in [3.05, 3.63) is 86.7 Å². The summed E-state index contributed by atoms with van der Waals surface area (Å²) in [5.41, 5.74) is 1.89. The van der Waals surface area contributed by atoms with Gasteiger partial charge in [-0.3, -0.25) is 19.3 Å². The van der Waals surface area contributed by atoms with Crippen LogP contribution in [0.5, 0.6) is 17.2 Å².